The van der Waals surface area contributed by atoms with Crippen molar-refractivity contribution in [2.24, 2.45) is 5.10 Å². The van der Waals surface area contributed by atoms with Crippen LogP contribution in [0.2, 0.25) is 0 Å². The molecule has 6 nitrogen and oxygen atoms in total. The Balaban J connectivity index is 1.86. The maximum Gasteiger partial charge on any atom is 0.263 e. The maximum atomic E-state index is 5.73. The molecule has 0 atom stereocenters. The minimum atomic E-state index is 0.402. The number of fused-ring (bicyclic) bond motifs is 1. The molecule has 0 fully saturated rings. The van der Waals surface area contributed by atoms with Crippen LogP contribution in [-0.4, -0.2) is 21.1 Å². The van der Waals surface area contributed by atoms with Crippen molar-refractivity contribution in [1.82, 2.24) is 14.9 Å². The molecule has 0 aliphatic carbocycles. The standard InChI is InChI=1S/C14H14N6/c1-10-17-19-14(20(10)15)18-16-9-12-7-4-6-11-5-2-3-8-13(11)12/h2-9H,15H2,1H3,(H,18,19)/b16-9-. The lowest BCUT2D eigenvalue weighted by molar-refractivity contribution is 0.926. The van der Waals surface area contributed by atoms with Gasteiger partial charge in [0, 0.05) is 5.56 Å². The average Bonchev–Trinajstić information content (AvgIpc) is 2.79. The highest BCUT2D eigenvalue weighted by molar-refractivity contribution is 5.99. The minimum Gasteiger partial charge on any atom is -0.335 e. The first kappa shape index (κ1) is 12.2. The Bertz CT molecular complexity index is 769. The smallest absolute Gasteiger partial charge is 0.263 e. The van der Waals surface area contributed by atoms with Gasteiger partial charge in [-0.2, -0.15) is 5.10 Å². The average molecular weight is 266 g/mol. The number of hydrogen-bond donors (Lipinski definition) is 2. The van der Waals surface area contributed by atoms with Crippen molar-refractivity contribution in [1.29, 1.82) is 0 Å². The number of nitrogens with zero attached hydrogens (tertiary/aromatic N) is 4. The van der Waals surface area contributed by atoms with Crippen molar-refractivity contribution in [3.05, 3.63) is 53.9 Å². The summed E-state index contributed by atoms with van der Waals surface area (Å²) < 4.78 is 1.35. The van der Waals surface area contributed by atoms with E-state index in [1.807, 2.05) is 24.3 Å². The second-order valence-electron chi connectivity index (χ2n) is 4.38. The van der Waals surface area contributed by atoms with E-state index in [-0.39, 0.29) is 0 Å². The van der Waals surface area contributed by atoms with Gasteiger partial charge in [-0.25, -0.2) is 10.1 Å². The zero-order valence-electron chi connectivity index (χ0n) is 11.0. The predicted molar refractivity (Wildman–Crippen MR) is 80.1 cm³/mol. The van der Waals surface area contributed by atoms with E-state index in [4.69, 9.17) is 5.84 Å². The number of rotatable bonds is 3. The monoisotopic (exact) mass is 266 g/mol. The Morgan fingerprint density at radius 2 is 1.95 bits per heavy atom. The number of aromatic nitrogens is 3. The summed E-state index contributed by atoms with van der Waals surface area (Å²) in [6.07, 6.45) is 1.74. The second-order valence-corrected chi connectivity index (χ2v) is 4.38. The van der Waals surface area contributed by atoms with Crippen LogP contribution < -0.4 is 11.3 Å². The van der Waals surface area contributed by atoms with Crippen LogP contribution >= 0.6 is 0 Å². The molecule has 0 aliphatic heterocycles. The Morgan fingerprint density at radius 1 is 1.15 bits per heavy atom. The molecule has 0 bridgehead atoms. The van der Waals surface area contributed by atoms with Crippen molar-refractivity contribution >= 4 is 22.9 Å². The third-order valence-corrected chi connectivity index (χ3v) is 3.06. The Kier molecular flexibility index (Phi) is 3.04. The van der Waals surface area contributed by atoms with Crippen LogP contribution in [0.25, 0.3) is 10.8 Å². The molecule has 0 radical (unpaired) electrons. The van der Waals surface area contributed by atoms with E-state index in [0.717, 1.165) is 10.9 Å². The van der Waals surface area contributed by atoms with Gasteiger partial charge in [-0.3, -0.25) is 0 Å². The quantitative estimate of drug-likeness (QED) is 0.431. The van der Waals surface area contributed by atoms with Gasteiger partial charge in [-0.05, 0) is 17.7 Å². The number of hydrazone groups is 1. The summed E-state index contributed by atoms with van der Waals surface area (Å²) in [4.78, 5) is 0. The fourth-order valence-corrected chi connectivity index (χ4v) is 1.97. The molecule has 6 heteroatoms. The molecule has 0 unspecified atom stereocenters. The third-order valence-electron chi connectivity index (χ3n) is 3.06. The molecule has 3 rings (SSSR count). The van der Waals surface area contributed by atoms with Crippen LogP contribution in [0.3, 0.4) is 0 Å². The summed E-state index contributed by atoms with van der Waals surface area (Å²) in [7, 11) is 0. The Labute approximate surface area is 115 Å². The predicted octanol–water partition coefficient (Wildman–Crippen LogP) is 1.90. The van der Waals surface area contributed by atoms with Gasteiger partial charge in [0.1, 0.15) is 0 Å². The lowest BCUT2D eigenvalue weighted by Crippen LogP contribution is -2.13. The van der Waals surface area contributed by atoms with Gasteiger partial charge in [0.25, 0.3) is 5.95 Å². The molecule has 1 heterocycles. The molecule has 2 aromatic carbocycles. The van der Waals surface area contributed by atoms with Crippen molar-refractivity contribution < 1.29 is 0 Å². The number of benzene rings is 2. The molecule has 20 heavy (non-hydrogen) atoms. The van der Waals surface area contributed by atoms with Gasteiger partial charge in [0.05, 0.1) is 6.21 Å². The van der Waals surface area contributed by atoms with E-state index in [9.17, 15) is 0 Å². The van der Waals surface area contributed by atoms with E-state index in [1.165, 1.54) is 10.1 Å². The SMILES string of the molecule is Cc1nnc(N/N=C\c2cccc3ccccc23)n1N. The highest BCUT2D eigenvalue weighted by atomic mass is 15.5. The lowest BCUT2D eigenvalue weighted by Gasteiger charge is -2.02. The minimum absolute atomic E-state index is 0.402. The zero-order valence-corrected chi connectivity index (χ0v) is 11.0. The van der Waals surface area contributed by atoms with Crippen molar-refractivity contribution in [3.8, 4) is 0 Å². The van der Waals surface area contributed by atoms with Crippen molar-refractivity contribution in [3.63, 3.8) is 0 Å². The molecular formula is C14H14N6. The molecule has 3 N–H and O–H groups in total. The first-order chi connectivity index (χ1) is 9.75. The molecular weight excluding hydrogens is 252 g/mol. The normalized spacial score (nSPS) is 11.2. The van der Waals surface area contributed by atoms with E-state index >= 15 is 0 Å². The van der Waals surface area contributed by atoms with Gasteiger partial charge in [-0.15, -0.1) is 10.2 Å². The third kappa shape index (κ3) is 2.18. The fourth-order valence-electron chi connectivity index (χ4n) is 1.97. The molecule has 3 aromatic rings. The van der Waals surface area contributed by atoms with Crippen LogP contribution in [0.15, 0.2) is 47.6 Å². The van der Waals surface area contributed by atoms with E-state index in [2.05, 4.69) is 38.9 Å². The maximum absolute atomic E-state index is 5.73. The Hall–Kier alpha value is -2.89. The molecule has 100 valence electrons. The fraction of sp³-hybridized carbons (Fsp3) is 0.0714. The molecule has 0 amide bonds. The number of nitrogen functional groups attached to an aromatic ring is 1. The number of aryl methyl sites for hydroxylation is 1. The van der Waals surface area contributed by atoms with Gasteiger partial charge >= 0.3 is 0 Å². The highest BCUT2D eigenvalue weighted by Gasteiger charge is 2.03. The topological polar surface area (TPSA) is 81.1 Å². The summed E-state index contributed by atoms with van der Waals surface area (Å²) >= 11 is 0. The van der Waals surface area contributed by atoms with Gasteiger partial charge in [0.2, 0.25) is 0 Å². The van der Waals surface area contributed by atoms with Gasteiger partial charge < -0.3 is 5.84 Å². The van der Waals surface area contributed by atoms with Crippen molar-refractivity contribution in [2.45, 2.75) is 6.92 Å². The van der Waals surface area contributed by atoms with Gasteiger partial charge in [-0.1, -0.05) is 42.5 Å². The summed E-state index contributed by atoms with van der Waals surface area (Å²) in [6.45, 7) is 1.77. The first-order valence-electron chi connectivity index (χ1n) is 6.19. The van der Waals surface area contributed by atoms with E-state index in [0.29, 0.717) is 11.8 Å². The summed E-state index contributed by atoms with van der Waals surface area (Å²) in [5.41, 5.74) is 3.80. The number of nitrogens with two attached hydrogens (primary N) is 1. The second kappa shape index (κ2) is 5.00. The number of nitrogens with one attached hydrogen (secondary N) is 1. The molecule has 0 saturated carbocycles. The summed E-state index contributed by atoms with van der Waals surface area (Å²) in [5.74, 6) is 6.75. The number of hydrogen-bond acceptors (Lipinski definition) is 5. The van der Waals surface area contributed by atoms with E-state index in [1.54, 1.807) is 13.1 Å². The molecule has 0 spiro atoms. The summed E-state index contributed by atoms with van der Waals surface area (Å²) in [6, 6.07) is 14.2. The molecule has 1 aromatic heterocycles. The van der Waals surface area contributed by atoms with Crippen LogP contribution in [0.1, 0.15) is 11.4 Å². The number of anilines is 1. The lowest BCUT2D eigenvalue weighted by atomic mass is 10.1. The highest BCUT2D eigenvalue weighted by Crippen LogP contribution is 2.16. The summed E-state index contributed by atoms with van der Waals surface area (Å²) in [5, 5.41) is 14.2. The molecule has 0 saturated heterocycles. The van der Waals surface area contributed by atoms with Crippen LogP contribution in [0, 0.1) is 6.92 Å². The van der Waals surface area contributed by atoms with Gasteiger partial charge in [0.15, 0.2) is 5.82 Å². The zero-order chi connectivity index (χ0) is 13.9. The van der Waals surface area contributed by atoms with Crippen molar-refractivity contribution in [2.75, 3.05) is 11.3 Å². The largest absolute Gasteiger partial charge is 0.335 e. The van der Waals surface area contributed by atoms with Crippen LogP contribution in [-0.2, 0) is 0 Å². The molecule has 0 aliphatic rings. The Morgan fingerprint density at radius 3 is 2.75 bits per heavy atom. The van der Waals surface area contributed by atoms with Crippen LogP contribution in [0.5, 0.6) is 0 Å². The van der Waals surface area contributed by atoms with E-state index < -0.39 is 0 Å². The first-order valence-corrected chi connectivity index (χ1v) is 6.19. The van der Waals surface area contributed by atoms with Crippen LogP contribution in [0.4, 0.5) is 5.95 Å².